The van der Waals surface area contributed by atoms with Gasteiger partial charge in [0.25, 0.3) is 0 Å². The van der Waals surface area contributed by atoms with Gasteiger partial charge in [-0.25, -0.2) is 0 Å². The Morgan fingerprint density at radius 3 is 1.36 bits per heavy atom. The second-order valence-corrected chi connectivity index (χ2v) is 23.2. The predicted molar refractivity (Wildman–Crippen MR) is 328 cm³/mol. The summed E-state index contributed by atoms with van der Waals surface area (Å²) in [6, 6.07) is -3.64. The van der Waals surface area contributed by atoms with Gasteiger partial charge in [-0.05, 0) is 32.1 Å². The van der Waals surface area contributed by atoms with Crippen LogP contribution < -0.4 is 37.2 Å². The molecule has 8 amide bonds. The lowest BCUT2D eigenvalue weighted by Gasteiger charge is -2.45. The zero-order chi connectivity index (χ0) is 71.3. The molecule has 4 fully saturated rings. The van der Waals surface area contributed by atoms with E-state index in [0.717, 1.165) is 4.90 Å². The van der Waals surface area contributed by atoms with E-state index < -0.39 is 177 Å². The molecule has 15 atom stereocenters. The molecular weight excluding hydrogens is 1300 g/mol. The summed E-state index contributed by atoms with van der Waals surface area (Å²) < 4.78 is 72.2. The molecule has 0 aromatic carbocycles. The molecule has 15 unspecified atom stereocenters. The quantitative estimate of drug-likeness (QED) is 0.0199. The maximum Gasteiger partial charge on any atom is 0.246 e. The van der Waals surface area contributed by atoms with Crippen molar-refractivity contribution in [1.29, 1.82) is 0 Å². The summed E-state index contributed by atoms with van der Waals surface area (Å²) in [7, 11) is 1.58. The van der Waals surface area contributed by atoms with Gasteiger partial charge in [0, 0.05) is 59.9 Å². The van der Waals surface area contributed by atoms with Crippen molar-refractivity contribution in [2.45, 2.75) is 157 Å². The lowest BCUT2D eigenvalue weighted by Crippen LogP contribution is -2.70. The second-order valence-electron chi connectivity index (χ2n) is 23.2. The molecule has 3 saturated heterocycles. The Labute approximate surface area is 561 Å². The number of ether oxygens (including phenoxy) is 13. The van der Waals surface area contributed by atoms with Gasteiger partial charge in [0.05, 0.1) is 132 Å². The molecule has 4 aliphatic rings. The van der Waals surface area contributed by atoms with E-state index in [9.17, 15) is 84.3 Å². The number of methoxy groups -OCH3 is 1. The highest BCUT2D eigenvalue weighted by Gasteiger charge is 2.52. The highest BCUT2D eigenvalue weighted by atomic mass is 16.7. The number of rotatable bonds is 47. The minimum Gasteiger partial charge on any atom is -0.394 e. The van der Waals surface area contributed by atoms with Crippen molar-refractivity contribution in [3.05, 3.63) is 0 Å². The van der Waals surface area contributed by atoms with Crippen molar-refractivity contribution in [3.63, 3.8) is 0 Å². The lowest BCUT2D eigenvalue weighted by molar-refractivity contribution is -0.272. The van der Waals surface area contributed by atoms with E-state index in [1.165, 1.54) is 20.8 Å². The van der Waals surface area contributed by atoms with Crippen LogP contribution in [0.1, 0.15) is 59.3 Å². The van der Waals surface area contributed by atoms with E-state index >= 15 is 0 Å². The maximum atomic E-state index is 14.6. The molecule has 560 valence electrons. The van der Waals surface area contributed by atoms with Gasteiger partial charge in [-0.3, -0.25) is 38.4 Å². The number of carbonyl (C=O) groups is 8. The van der Waals surface area contributed by atoms with Crippen LogP contribution in [0.4, 0.5) is 0 Å². The van der Waals surface area contributed by atoms with Crippen LogP contribution in [0.15, 0.2) is 0 Å². The Morgan fingerprint density at radius 2 is 0.938 bits per heavy atom. The largest absolute Gasteiger partial charge is 0.394 e. The van der Waals surface area contributed by atoms with Crippen molar-refractivity contribution in [1.82, 2.24) is 42.1 Å². The molecule has 0 aromatic rings. The van der Waals surface area contributed by atoms with Gasteiger partial charge >= 0.3 is 0 Å². The summed E-state index contributed by atoms with van der Waals surface area (Å²) in [5.74, 6) is -5.34. The number of aliphatic hydroxyl groups is 9. The molecule has 16 N–H and O–H groups in total. The molecule has 0 aromatic heterocycles. The van der Waals surface area contributed by atoms with E-state index in [4.69, 9.17) is 61.6 Å². The third kappa shape index (κ3) is 29.9. The molecule has 3 aliphatic heterocycles. The number of nitrogens with one attached hydrogen (secondary N) is 7. The highest BCUT2D eigenvalue weighted by Crippen LogP contribution is 2.28. The van der Waals surface area contributed by atoms with E-state index in [1.807, 2.05) is 0 Å². The maximum absolute atomic E-state index is 14.6. The Hall–Kier alpha value is -5.12. The van der Waals surface area contributed by atoms with Gasteiger partial charge < -0.3 is 150 Å². The van der Waals surface area contributed by atoms with Crippen LogP contribution in [-0.2, 0) is 99.9 Å². The molecule has 4 rings (SSSR count). The number of hydrogen-bond acceptors (Lipinski definition) is 30. The first-order valence-electron chi connectivity index (χ1n) is 32.4. The first kappa shape index (κ1) is 84.3. The van der Waals surface area contributed by atoms with Crippen LogP contribution in [0.3, 0.4) is 0 Å². The van der Waals surface area contributed by atoms with Gasteiger partial charge in [0.15, 0.2) is 18.3 Å². The molecule has 38 nitrogen and oxygen atoms in total. The average Bonchev–Trinajstić information content (AvgIpc) is 0.812. The highest BCUT2D eigenvalue weighted by molar-refractivity contribution is 5.94. The Balaban J connectivity index is 1.29. The number of nitrogens with zero attached hydrogens (tertiary/aromatic N) is 1. The Bertz CT molecular complexity index is 2340. The first-order chi connectivity index (χ1) is 46.5. The Kier molecular flexibility index (Phi) is 40.3. The van der Waals surface area contributed by atoms with Crippen molar-refractivity contribution in [2.24, 2.45) is 5.92 Å². The Morgan fingerprint density at radius 1 is 0.515 bits per heavy atom. The average molecular weight is 1410 g/mol. The smallest absolute Gasteiger partial charge is 0.246 e. The zero-order valence-electron chi connectivity index (χ0n) is 55.5. The molecule has 97 heavy (non-hydrogen) atoms. The number of hydrogen-bond donors (Lipinski definition) is 16. The van der Waals surface area contributed by atoms with Crippen molar-refractivity contribution < 1.29 is 146 Å². The zero-order valence-corrected chi connectivity index (χ0v) is 55.5. The van der Waals surface area contributed by atoms with Crippen molar-refractivity contribution >= 4 is 47.3 Å². The summed E-state index contributed by atoms with van der Waals surface area (Å²) in [5.41, 5.74) is -1.81. The lowest BCUT2D eigenvalue weighted by atomic mass is 9.86. The summed E-state index contributed by atoms with van der Waals surface area (Å²) in [4.78, 5) is 105. The molecule has 0 spiro atoms. The molecule has 1 saturated carbocycles. The van der Waals surface area contributed by atoms with Gasteiger partial charge in [-0.15, -0.1) is 0 Å². The molecule has 0 bridgehead atoms. The van der Waals surface area contributed by atoms with Crippen LogP contribution in [0.25, 0.3) is 0 Å². The van der Waals surface area contributed by atoms with E-state index in [-0.39, 0.29) is 144 Å². The topological polar surface area (TPSA) is 526 Å². The predicted octanol–water partition coefficient (Wildman–Crippen LogP) is -9.38. The number of amides is 8. The van der Waals surface area contributed by atoms with Crippen LogP contribution in [-0.4, -0.2) is 361 Å². The fraction of sp³-hybridized carbons (Fsp3) is 0.864. The number of aliphatic hydroxyl groups excluding tert-OH is 9. The molecule has 38 heteroatoms. The van der Waals surface area contributed by atoms with Crippen LogP contribution in [0.5, 0.6) is 0 Å². The molecule has 3 heterocycles. The molecule has 0 radical (unpaired) electrons. The summed E-state index contributed by atoms with van der Waals surface area (Å²) in [5, 5.41) is 109. The standard InChI is InChI=1S/C59H104N8O30/c1-35(71)63-47-52(80)49(77)42(32-69)96-57(47)92-26-23-89-20-17-86-14-11-60-44(74)10-9-40(65-55(83)38-5-7-39(85-4)8-6-38)56(84)67(29-45(75)61-12-15-87-18-21-90-24-27-93-58-48(64-36(2)72)53(81)50(78)43(33-70)97-58)30-46(76)62-13-16-88-19-22-91-25-28-95-59(66-37(3)73)34-94-41(31-68)51(79)54(59)82/h38-43,47-54,57-58,68-70,77-82H,5-34H2,1-4H3,(H,60,74)(H,61,75)(H,62,76)(H,63,71)(H,64,72)(H,65,83)(H,66,73). The third-order valence-electron chi connectivity index (χ3n) is 15.8. The SMILES string of the molecule is COC1CCC(C(=O)NC(CCC(=O)NCCOCCOCCOC2OC(CO)C(O)C(O)C2NC(C)=O)C(=O)N(CC(=O)NCCOCCOCCOC2OC(CO)C(O)C(O)C2NC(C)=O)CC(=O)NCCOCCOCCOC2(NC(C)=O)COC(CO)C(O)C2O)CC1. The van der Waals surface area contributed by atoms with Gasteiger partial charge in [0.2, 0.25) is 47.3 Å². The van der Waals surface area contributed by atoms with E-state index in [1.54, 1.807) is 7.11 Å². The minimum absolute atomic E-state index is 0.00997. The van der Waals surface area contributed by atoms with Gasteiger partial charge in [-0.1, -0.05) is 0 Å². The first-order valence-corrected chi connectivity index (χ1v) is 32.4. The minimum atomic E-state index is -1.81. The normalized spacial score (nSPS) is 28.4. The summed E-state index contributed by atoms with van der Waals surface area (Å²) in [6.07, 6.45) is -13.5. The second kappa shape index (κ2) is 46.3. The number of carbonyl (C=O) groups excluding carboxylic acids is 8. The third-order valence-corrected chi connectivity index (χ3v) is 15.8. The van der Waals surface area contributed by atoms with Crippen molar-refractivity contribution in [3.8, 4) is 0 Å². The van der Waals surface area contributed by atoms with Crippen LogP contribution >= 0.6 is 0 Å². The monoisotopic (exact) mass is 1400 g/mol. The summed E-state index contributed by atoms with van der Waals surface area (Å²) in [6.45, 7) is 0.116. The fourth-order valence-electron chi connectivity index (χ4n) is 10.7. The molecule has 1 aliphatic carbocycles. The van der Waals surface area contributed by atoms with E-state index in [0.29, 0.717) is 25.7 Å². The van der Waals surface area contributed by atoms with Crippen LogP contribution in [0, 0.1) is 5.92 Å². The molecular formula is C59H104N8O30. The summed E-state index contributed by atoms with van der Waals surface area (Å²) >= 11 is 0. The van der Waals surface area contributed by atoms with Crippen LogP contribution in [0.2, 0.25) is 0 Å². The van der Waals surface area contributed by atoms with Gasteiger partial charge in [-0.2, -0.15) is 0 Å². The van der Waals surface area contributed by atoms with Crippen molar-refractivity contribution in [2.75, 3.05) is 165 Å². The van der Waals surface area contributed by atoms with Gasteiger partial charge in [0.1, 0.15) is 86.2 Å². The van der Waals surface area contributed by atoms with E-state index in [2.05, 4.69) is 37.2 Å². The fourth-order valence-corrected chi connectivity index (χ4v) is 10.7.